The van der Waals surface area contributed by atoms with Crippen molar-refractivity contribution in [3.63, 3.8) is 0 Å². The second-order valence-electron chi connectivity index (χ2n) is 9.57. The normalized spacial score (nSPS) is 13.8. The molecule has 0 radical (unpaired) electrons. The van der Waals surface area contributed by atoms with E-state index in [-0.39, 0.29) is 17.1 Å². The molecule has 38 heavy (non-hydrogen) atoms. The molecule has 0 aliphatic carbocycles. The lowest BCUT2D eigenvalue weighted by Crippen LogP contribution is -2.28. The molecule has 198 valence electrons. The van der Waals surface area contributed by atoms with Gasteiger partial charge in [-0.05, 0) is 71.4 Å². The summed E-state index contributed by atoms with van der Waals surface area (Å²) in [6.45, 7) is 9.08. The smallest absolute Gasteiger partial charge is 0.336 e. The van der Waals surface area contributed by atoms with Crippen LogP contribution < -0.4 is 18.9 Å². The fourth-order valence-corrected chi connectivity index (χ4v) is 3.67. The number of ketones is 1. The second kappa shape index (κ2) is 12.2. The third-order valence-corrected chi connectivity index (χ3v) is 5.38. The van der Waals surface area contributed by atoms with Crippen molar-refractivity contribution in [3.8, 4) is 23.0 Å². The van der Waals surface area contributed by atoms with Crippen LogP contribution in [-0.4, -0.2) is 30.4 Å². The summed E-state index contributed by atoms with van der Waals surface area (Å²) >= 11 is 0. The molecule has 0 spiro atoms. The number of allylic oxidation sites excluding steroid dienone is 4. The zero-order chi connectivity index (χ0) is 27.9. The highest BCUT2D eigenvalue weighted by atomic mass is 16.5. The molecule has 7 nitrogen and oxygen atoms in total. The number of hydrogen-bond donors (Lipinski definition) is 0. The maximum Gasteiger partial charge on any atom is 0.336 e. The average Bonchev–Trinajstić information content (AvgIpc) is 2.82. The van der Waals surface area contributed by atoms with Gasteiger partial charge in [0, 0.05) is 18.2 Å². The van der Waals surface area contributed by atoms with E-state index in [9.17, 15) is 14.4 Å². The van der Waals surface area contributed by atoms with E-state index in [0.717, 1.165) is 5.57 Å². The van der Waals surface area contributed by atoms with Crippen LogP contribution in [0.2, 0.25) is 0 Å². The van der Waals surface area contributed by atoms with Crippen molar-refractivity contribution in [1.29, 1.82) is 0 Å². The van der Waals surface area contributed by atoms with Gasteiger partial charge >= 0.3 is 11.9 Å². The molecule has 0 saturated carbocycles. The molecule has 1 aliphatic heterocycles. The molecule has 0 atom stereocenters. The molecular weight excluding hydrogens is 484 g/mol. The summed E-state index contributed by atoms with van der Waals surface area (Å²) in [5.74, 6) is -0.401. The minimum Gasteiger partial charge on any atom is -0.496 e. The van der Waals surface area contributed by atoms with Gasteiger partial charge in [0.05, 0.1) is 12.7 Å². The Morgan fingerprint density at radius 3 is 2.32 bits per heavy atom. The first-order valence-electron chi connectivity index (χ1n) is 12.1. The number of rotatable bonds is 9. The van der Waals surface area contributed by atoms with Gasteiger partial charge in [-0.15, -0.1) is 0 Å². The van der Waals surface area contributed by atoms with Crippen molar-refractivity contribution in [2.24, 2.45) is 0 Å². The molecule has 0 N–H and O–H groups in total. The third kappa shape index (κ3) is 7.56. The first-order chi connectivity index (χ1) is 18.0. The SMILES string of the molecule is COc1cc2c(c(OC(=O)C=C(C)C)c1C(=O)C=CC/C(C)=C/C(=O)Oc1ccccc1)C=CC(C)(C)O2. The standard InChI is InChI=1S/C31H32O7/c1-20(2)17-27(33)37-30-23-15-16-31(4,5)38-25(23)19-26(35-6)29(30)24(32)14-10-11-21(3)18-28(34)36-22-12-8-7-9-13-22/h7-10,12-19H,11H2,1-6H3/b14-10?,21-18+. The van der Waals surface area contributed by atoms with Crippen LogP contribution in [-0.2, 0) is 9.59 Å². The number of ether oxygens (including phenoxy) is 4. The number of carbonyl (C=O) groups excluding carboxylic acids is 3. The molecule has 0 aromatic heterocycles. The Hall–Kier alpha value is -4.39. The van der Waals surface area contributed by atoms with Crippen molar-refractivity contribution in [2.75, 3.05) is 7.11 Å². The topological polar surface area (TPSA) is 88.1 Å². The molecule has 2 aromatic carbocycles. The summed E-state index contributed by atoms with van der Waals surface area (Å²) < 4.78 is 22.5. The van der Waals surface area contributed by atoms with Gasteiger partial charge in [0.2, 0.25) is 0 Å². The van der Waals surface area contributed by atoms with Gasteiger partial charge in [-0.1, -0.05) is 35.4 Å². The van der Waals surface area contributed by atoms with E-state index < -0.39 is 23.3 Å². The maximum atomic E-state index is 13.4. The number of benzene rings is 2. The average molecular weight is 517 g/mol. The Morgan fingerprint density at radius 1 is 0.974 bits per heavy atom. The lowest BCUT2D eigenvalue weighted by atomic mass is 9.97. The van der Waals surface area contributed by atoms with Crippen molar-refractivity contribution < 1.29 is 33.3 Å². The van der Waals surface area contributed by atoms with E-state index in [1.807, 2.05) is 26.0 Å². The molecule has 1 aliphatic rings. The number of methoxy groups -OCH3 is 1. The molecule has 0 amide bonds. The molecule has 0 bridgehead atoms. The van der Waals surface area contributed by atoms with E-state index in [0.29, 0.717) is 29.1 Å². The van der Waals surface area contributed by atoms with E-state index in [2.05, 4.69) is 0 Å². The molecule has 3 rings (SSSR count). The number of carbonyl (C=O) groups is 3. The molecule has 0 saturated heterocycles. The third-order valence-electron chi connectivity index (χ3n) is 5.38. The van der Waals surface area contributed by atoms with Crippen LogP contribution in [0.25, 0.3) is 6.08 Å². The van der Waals surface area contributed by atoms with Crippen LogP contribution in [0.3, 0.4) is 0 Å². The van der Waals surface area contributed by atoms with E-state index in [4.69, 9.17) is 18.9 Å². The van der Waals surface area contributed by atoms with Gasteiger partial charge in [0.1, 0.15) is 28.4 Å². The Morgan fingerprint density at radius 2 is 1.66 bits per heavy atom. The summed E-state index contributed by atoms with van der Waals surface area (Å²) in [7, 11) is 1.43. The fraction of sp³-hybridized carbons (Fsp3) is 0.258. The van der Waals surface area contributed by atoms with E-state index in [1.54, 1.807) is 63.3 Å². The van der Waals surface area contributed by atoms with Crippen molar-refractivity contribution in [3.05, 3.63) is 89.1 Å². The molecular formula is C31H32O7. The quantitative estimate of drug-likeness (QED) is 0.164. The predicted octanol–water partition coefficient (Wildman–Crippen LogP) is 6.43. The number of para-hydroxylation sites is 1. The Labute approximate surface area is 223 Å². The van der Waals surface area contributed by atoms with Gasteiger partial charge in [-0.3, -0.25) is 4.79 Å². The van der Waals surface area contributed by atoms with Crippen LogP contribution >= 0.6 is 0 Å². The van der Waals surface area contributed by atoms with E-state index >= 15 is 0 Å². The summed E-state index contributed by atoms with van der Waals surface area (Å²) in [6, 6.07) is 10.4. The summed E-state index contributed by atoms with van der Waals surface area (Å²) in [4.78, 5) is 38.1. The molecule has 0 unspecified atom stereocenters. The Balaban J connectivity index is 1.88. The van der Waals surface area contributed by atoms with Crippen molar-refractivity contribution >= 4 is 23.8 Å². The van der Waals surface area contributed by atoms with Crippen LogP contribution in [0.4, 0.5) is 0 Å². The van der Waals surface area contributed by atoms with Crippen LogP contribution in [0.15, 0.2) is 77.9 Å². The fourth-order valence-electron chi connectivity index (χ4n) is 3.67. The molecule has 7 heteroatoms. The highest BCUT2D eigenvalue weighted by Gasteiger charge is 2.30. The van der Waals surface area contributed by atoms with E-state index in [1.165, 1.54) is 25.3 Å². The summed E-state index contributed by atoms with van der Waals surface area (Å²) in [5, 5.41) is 0. The first-order valence-corrected chi connectivity index (χ1v) is 12.1. The van der Waals surface area contributed by atoms with Gasteiger partial charge in [-0.25, -0.2) is 9.59 Å². The zero-order valence-corrected chi connectivity index (χ0v) is 22.5. The van der Waals surface area contributed by atoms with Crippen LogP contribution in [0, 0.1) is 0 Å². The summed E-state index contributed by atoms with van der Waals surface area (Å²) in [5.41, 5.74) is 1.42. The molecule has 2 aromatic rings. The number of hydrogen-bond acceptors (Lipinski definition) is 7. The second-order valence-corrected chi connectivity index (χ2v) is 9.57. The van der Waals surface area contributed by atoms with Gasteiger partial charge in [0.25, 0.3) is 0 Å². The van der Waals surface area contributed by atoms with Crippen molar-refractivity contribution in [2.45, 2.75) is 46.6 Å². The van der Waals surface area contributed by atoms with Gasteiger partial charge < -0.3 is 18.9 Å². The minimum absolute atomic E-state index is 0.0574. The molecule has 1 heterocycles. The Kier molecular flexibility index (Phi) is 9.07. The monoisotopic (exact) mass is 516 g/mol. The highest BCUT2D eigenvalue weighted by Crippen LogP contribution is 2.44. The Bertz CT molecular complexity index is 1340. The zero-order valence-electron chi connectivity index (χ0n) is 22.5. The lowest BCUT2D eigenvalue weighted by molar-refractivity contribution is -0.130. The van der Waals surface area contributed by atoms with Crippen molar-refractivity contribution in [1.82, 2.24) is 0 Å². The first kappa shape index (κ1) is 28.2. The molecule has 0 fully saturated rings. The van der Waals surface area contributed by atoms with Crippen LogP contribution in [0.1, 0.15) is 57.0 Å². The maximum absolute atomic E-state index is 13.4. The predicted molar refractivity (Wildman–Crippen MR) is 146 cm³/mol. The minimum atomic E-state index is -0.618. The highest BCUT2D eigenvalue weighted by molar-refractivity contribution is 6.10. The van der Waals surface area contributed by atoms with Gasteiger partial charge in [0.15, 0.2) is 11.5 Å². The largest absolute Gasteiger partial charge is 0.496 e. The lowest BCUT2D eigenvalue weighted by Gasteiger charge is -2.29. The number of fused-ring (bicyclic) bond motifs is 1. The summed E-state index contributed by atoms with van der Waals surface area (Å²) in [6.07, 6.45) is 9.63. The van der Waals surface area contributed by atoms with Crippen LogP contribution in [0.5, 0.6) is 23.0 Å². The number of esters is 2. The van der Waals surface area contributed by atoms with Gasteiger partial charge in [-0.2, -0.15) is 0 Å².